The molecular weight excluding hydrogens is 264 g/mol. The Labute approximate surface area is 102 Å². The molecule has 1 rings (SSSR count). The second-order valence-electron chi connectivity index (χ2n) is 3.64. The molecule has 0 bridgehead atoms. The highest BCUT2D eigenvalue weighted by molar-refractivity contribution is 7.86. The lowest BCUT2D eigenvalue weighted by molar-refractivity contribution is 0.0695. The van der Waals surface area contributed by atoms with Crippen LogP contribution in [0.15, 0.2) is 11.0 Å². The van der Waals surface area contributed by atoms with Gasteiger partial charge in [-0.25, -0.2) is 9.59 Å². The Morgan fingerprint density at radius 1 is 1.00 bits per heavy atom. The molecule has 0 unspecified atom stereocenters. The van der Waals surface area contributed by atoms with Crippen LogP contribution in [-0.2, 0) is 10.1 Å². The van der Waals surface area contributed by atoms with Gasteiger partial charge in [-0.3, -0.25) is 4.55 Å². The van der Waals surface area contributed by atoms with Crippen molar-refractivity contribution in [2.45, 2.75) is 18.7 Å². The first-order chi connectivity index (χ1) is 8.07. The van der Waals surface area contributed by atoms with Crippen LogP contribution in [0.4, 0.5) is 0 Å². The zero-order chi connectivity index (χ0) is 14.2. The van der Waals surface area contributed by atoms with Gasteiger partial charge in [0.25, 0.3) is 10.1 Å². The monoisotopic (exact) mass is 274 g/mol. The minimum Gasteiger partial charge on any atom is -0.478 e. The molecule has 1 aromatic carbocycles. The molecule has 98 valence electrons. The average Bonchev–Trinajstić information content (AvgIpc) is 2.13. The topological polar surface area (TPSA) is 129 Å². The molecule has 0 saturated heterocycles. The highest BCUT2D eigenvalue weighted by atomic mass is 32.2. The standard InChI is InChI=1S/C10H10O7S/c1-4-6(9(11)12)3-7(10(13)14)5(2)8(4)18(15,16)17/h3H,1-2H3,(H,11,12)(H,13,14)(H,15,16,17). The van der Waals surface area contributed by atoms with E-state index in [2.05, 4.69) is 0 Å². The van der Waals surface area contributed by atoms with Crippen LogP contribution in [0.5, 0.6) is 0 Å². The van der Waals surface area contributed by atoms with Crippen molar-refractivity contribution in [2.75, 3.05) is 0 Å². The summed E-state index contributed by atoms with van der Waals surface area (Å²) in [6.07, 6.45) is 0. The van der Waals surface area contributed by atoms with Gasteiger partial charge in [0.05, 0.1) is 11.1 Å². The van der Waals surface area contributed by atoms with Gasteiger partial charge in [-0.05, 0) is 31.0 Å². The third-order valence-electron chi connectivity index (χ3n) is 2.50. The van der Waals surface area contributed by atoms with E-state index in [4.69, 9.17) is 14.8 Å². The van der Waals surface area contributed by atoms with Crippen LogP contribution in [0, 0.1) is 13.8 Å². The van der Waals surface area contributed by atoms with Crippen LogP contribution >= 0.6 is 0 Å². The van der Waals surface area contributed by atoms with Gasteiger partial charge in [0, 0.05) is 0 Å². The Hall–Kier alpha value is -1.93. The maximum Gasteiger partial charge on any atom is 0.336 e. The number of carboxylic acids is 2. The first kappa shape index (κ1) is 14.1. The average molecular weight is 274 g/mol. The number of hydrogen-bond acceptors (Lipinski definition) is 4. The minimum absolute atomic E-state index is 0.201. The molecule has 0 radical (unpaired) electrons. The predicted molar refractivity (Wildman–Crippen MR) is 59.6 cm³/mol. The molecule has 0 aliphatic rings. The molecule has 0 aliphatic heterocycles. The summed E-state index contributed by atoms with van der Waals surface area (Å²) in [6, 6.07) is 0.865. The first-order valence-electron chi connectivity index (χ1n) is 4.65. The van der Waals surface area contributed by atoms with Crippen molar-refractivity contribution in [1.82, 2.24) is 0 Å². The summed E-state index contributed by atoms with van der Waals surface area (Å²) >= 11 is 0. The molecule has 0 heterocycles. The van der Waals surface area contributed by atoms with Crippen LogP contribution < -0.4 is 0 Å². The molecule has 1 aromatic rings. The number of hydrogen-bond donors (Lipinski definition) is 3. The summed E-state index contributed by atoms with van der Waals surface area (Å²) < 4.78 is 31.4. The number of benzene rings is 1. The number of carboxylic acid groups (broad SMARTS) is 2. The van der Waals surface area contributed by atoms with E-state index in [1.165, 1.54) is 13.8 Å². The Kier molecular flexibility index (Phi) is 3.45. The lowest BCUT2D eigenvalue weighted by Gasteiger charge is -2.12. The SMILES string of the molecule is Cc1c(C(=O)O)cc(C(=O)O)c(C)c1S(=O)(=O)O. The Morgan fingerprint density at radius 2 is 1.33 bits per heavy atom. The van der Waals surface area contributed by atoms with Gasteiger partial charge < -0.3 is 10.2 Å². The van der Waals surface area contributed by atoms with Crippen LogP contribution in [0.25, 0.3) is 0 Å². The molecule has 0 spiro atoms. The van der Waals surface area contributed by atoms with Gasteiger partial charge in [-0.2, -0.15) is 8.42 Å². The molecule has 0 amide bonds. The second kappa shape index (κ2) is 4.39. The van der Waals surface area contributed by atoms with Crippen molar-refractivity contribution < 1.29 is 32.8 Å². The first-order valence-corrected chi connectivity index (χ1v) is 6.09. The van der Waals surface area contributed by atoms with E-state index < -0.39 is 38.1 Å². The van der Waals surface area contributed by atoms with Crippen LogP contribution in [-0.4, -0.2) is 35.1 Å². The fourth-order valence-electron chi connectivity index (χ4n) is 1.72. The molecule has 3 N–H and O–H groups in total. The Morgan fingerprint density at radius 3 is 1.56 bits per heavy atom. The smallest absolute Gasteiger partial charge is 0.336 e. The zero-order valence-electron chi connectivity index (χ0n) is 9.46. The molecule has 0 aliphatic carbocycles. The largest absolute Gasteiger partial charge is 0.478 e. The third-order valence-corrected chi connectivity index (χ3v) is 3.62. The van der Waals surface area contributed by atoms with E-state index in [1.807, 2.05) is 0 Å². The fraction of sp³-hybridized carbons (Fsp3) is 0.200. The van der Waals surface area contributed by atoms with Gasteiger partial charge >= 0.3 is 11.9 Å². The fourth-order valence-corrected chi connectivity index (χ4v) is 2.71. The second-order valence-corrected chi connectivity index (χ2v) is 4.99. The van der Waals surface area contributed by atoms with E-state index in [0.29, 0.717) is 0 Å². The van der Waals surface area contributed by atoms with Crippen LogP contribution in [0.1, 0.15) is 31.8 Å². The maximum atomic E-state index is 11.2. The highest BCUT2D eigenvalue weighted by Gasteiger charge is 2.26. The predicted octanol–water partition coefficient (Wildman–Crippen LogP) is 0.947. The summed E-state index contributed by atoms with van der Waals surface area (Å²) in [7, 11) is -4.70. The molecular formula is C10H10O7S. The zero-order valence-corrected chi connectivity index (χ0v) is 10.3. The van der Waals surface area contributed by atoms with Crippen molar-refractivity contribution in [2.24, 2.45) is 0 Å². The number of aromatic carboxylic acids is 2. The van der Waals surface area contributed by atoms with Gasteiger partial charge in [-0.15, -0.1) is 0 Å². The van der Waals surface area contributed by atoms with Gasteiger partial charge in [0.2, 0.25) is 0 Å². The normalized spacial score (nSPS) is 11.3. The highest BCUT2D eigenvalue weighted by Crippen LogP contribution is 2.26. The minimum atomic E-state index is -4.70. The molecule has 8 heteroatoms. The molecule has 0 atom stereocenters. The van der Waals surface area contributed by atoms with Crippen molar-refractivity contribution in [3.8, 4) is 0 Å². The lowest BCUT2D eigenvalue weighted by Crippen LogP contribution is -2.14. The summed E-state index contributed by atoms with van der Waals surface area (Å²) in [5.74, 6) is -2.94. The summed E-state index contributed by atoms with van der Waals surface area (Å²) in [6.45, 7) is 2.37. The quantitative estimate of drug-likeness (QED) is 0.699. The number of carbonyl (C=O) groups is 2. The summed E-state index contributed by atoms with van der Waals surface area (Å²) in [5.41, 5.74) is -1.36. The molecule has 18 heavy (non-hydrogen) atoms. The van der Waals surface area contributed by atoms with Crippen molar-refractivity contribution in [1.29, 1.82) is 0 Å². The molecule has 0 saturated carbocycles. The van der Waals surface area contributed by atoms with Crippen molar-refractivity contribution in [3.05, 3.63) is 28.3 Å². The van der Waals surface area contributed by atoms with E-state index in [1.54, 1.807) is 0 Å². The Bertz CT molecular complexity index is 604. The van der Waals surface area contributed by atoms with E-state index >= 15 is 0 Å². The van der Waals surface area contributed by atoms with E-state index in [-0.39, 0.29) is 11.1 Å². The van der Waals surface area contributed by atoms with Crippen LogP contribution in [0.3, 0.4) is 0 Å². The lowest BCUT2D eigenvalue weighted by atomic mass is 10.00. The van der Waals surface area contributed by atoms with Crippen molar-refractivity contribution >= 4 is 22.1 Å². The molecule has 7 nitrogen and oxygen atoms in total. The maximum absolute atomic E-state index is 11.2. The van der Waals surface area contributed by atoms with E-state index in [0.717, 1.165) is 6.07 Å². The summed E-state index contributed by atoms with van der Waals surface area (Å²) in [4.78, 5) is 21.2. The number of rotatable bonds is 3. The van der Waals surface area contributed by atoms with Crippen LogP contribution in [0.2, 0.25) is 0 Å². The van der Waals surface area contributed by atoms with Crippen molar-refractivity contribution in [3.63, 3.8) is 0 Å². The third kappa shape index (κ3) is 2.34. The molecule has 0 aromatic heterocycles. The van der Waals surface area contributed by atoms with E-state index in [9.17, 15) is 18.0 Å². The van der Waals surface area contributed by atoms with Gasteiger partial charge in [0.15, 0.2) is 0 Å². The summed E-state index contributed by atoms with van der Waals surface area (Å²) in [5, 5.41) is 17.8. The van der Waals surface area contributed by atoms with Gasteiger partial charge in [0.1, 0.15) is 4.90 Å². The Balaban J connectivity index is 3.91. The molecule has 0 fully saturated rings. The van der Waals surface area contributed by atoms with Gasteiger partial charge in [-0.1, -0.05) is 0 Å².